The quantitative estimate of drug-likeness (QED) is 0.356. The average molecular weight is 525 g/mol. The van der Waals surface area contributed by atoms with Crippen LogP contribution >= 0.6 is 12.6 Å². The smallest absolute Gasteiger partial charge is 0.164 e. The number of allylic oxidation sites excluding steroid dienone is 2. The largest absolute Gasteiger partial charge is 0.497 e. The third kappa shape index (κ3) is 4.78. The number of benzene rings is 2. The van der Waals surface area contributed by atoms with Gasteiger partial charge in [0.15, 0.2) is 12.0 Å². The minimum atomic E-state index is -1.67. The molecule has 10 heteroatoms. The van der Waals surface area contributed by atoms with Crippen LogP contribution in [0.4, 0.5) is 0 Å². The summed E-state index contributed by atoms with van der Waals surface area (Å²) in [6.07, 6.45) is -7.49. The van der Waals surface area contributed by atoms with Gasteiger partial charge < -0.3 is 34.8 Å². The third-order valence-corrected chi connectivity index (χ3v) is 7.12. The Kier molecular flexibility index (Phi) is 8.04. The molecule has 4 rings (SSSR count). The van der Waals surface area contributed by atoms with Crippen molar-refractivity contribution in [3.05, 3.63) is 81.9 Å². The van der Waals surface area contributed by atoms with Crippen molar-refractivity contribution in [3.63, 3.8) is 0 Å². The number of aliphatic hydroxyl groups excluding tert-OH is 4. The topological polar surface area (TPSA) is 143 Å². The van der Waals surface area contributed by atoms with Crippen LogP contribution in [0.1, 0.15) is 24.0 Å². The van der Waals surface area contributed by atoms with Crippen LogP contribution in [-0.4, -0.2) is 75.5 Å². The number of nitrogens with zero attached hydrogens (tertiary/aromatic N) is 2. The lowest BCUT2D eigenvalue weighted by molar-refractivity contribution is -0.252. The molecule has 1 fully saturated rings. The van der Waals surface area contributed by atoms with Crippen LogP contribution in [0.15, 0.2) is 70.8 Å². The van der Waals surface area contributed by atoms with Crippen LogP contribution in [0, 0.1) is 11.3 Å². The van der Waals surface area contributed by atoms with Gasteiger partial charge >= 0.3 is 0 Å². The highest BCUT2D eigenvalue weighted by Crippen LogP contribution is 2.48. The minimum absolute atomic E-state index is 0.0940. The van der Waals surface area contributed by atoms with E-state index in [1.54, 1.807) is 54.6 Å². The Bertz CT molecular complexity index is 1250. The molecule has 2 aliphatic rings. The van der Waals surface area contributed by atoms with E-state index >= 15 is 0 Å². The number of hydrogen-bond donors (Lipinski definition) is 5. The zero-order valence-corrected chi connectivity index (χ0v) is 21.1. The molecule has 0 saturated carbocycles. The summed E-state index contributed by atoms with van der Waals surface area (Å²) in [6, 6.07) is 18.0. The first-order valence-corrected chi connectivity index (χ1v) is 12.1. The van der Waals surface area contributed by atoms with Crippen LogP contribution in [0.2, 0.25) is 0 Å². The monoisotopic (exact) mass is 524 g/mol. The van der Waals surface area contributed by atoms with E-state index in [1.807, 2.05) is 0 Å². The molecule has 0 aliphatic carbocycles. The van der Waals surface area contributed by atoms with Crippen LogP contribution in [0.5, 0.6) is 5.75 Å². The Morgan fingerprint density at radius 2 is 1.73 bits per heavy atom. The molecule has 1 saturated heterocycles. The van der Waals surface area contributed by atoms with Crippen molar-refractivity contribution in [1.82, 2.24) is 4.90 Å². The van der Waals surface area contributed by atoms with E-state index in [-0.39, 0.29) is 22.0 Å². The van der Waals surface area contributed by atoms with E-state index in [9.17, 15) is 30.5 Å². The number of Topliss-reactive ketones (excluding diaryl/α,β-unsaturated/α-hetero) is 1. The molecule has 2 aliphatic heterocycles. The zero-order chi connectivity index (χ0) is 26.9. The van der Waals surface area contributed by atoms with Crippen molar-refractivity contribution in [2.24, 2.45) is 0 Å². The maximum atomic E-state index is 13.3. The molecule has 37 heavy (non-hydrogen) atoms. The van der Waals surface area contributed by atoms with Crippen molar-refractivity contribution in [2.45, 2.75) is 43.5 Å². The summed E-state index contributed by atoms with van der Waals surface area (Å²) in [7, 11) is 1.54. The number of methoxy groups -OCH3 is 1. The normalized spacial score (nSPS) is 28.2. The van der Waals surface area contributed by atoms with Gasteiger partial charge in [0.1, 0.15) is 30.2 Å². The molecule has 2 heterocycles. The van der Waals surface area contributed by atoms with E-state index in [0.29, 0.717) is 22.6 Å². The lowest BCUT2D eigenvalue weighted by Crippen LogP contribution is -2.62. The van der Waals surface area contributed by atoms with Gasteiger partial charge in [0.2, 0.25) is 0 Å². The van der Waals surface area contributed by atoms with E-state index < -0.39 is 43.2 Å². The molecule has 0 aromatic heterocycles. The van der Waals surface area contributed by atoms with Crippen molar-refractivity contribution in [1.29, 1.82) is 5.26 Å². The molecule has 0 bridgehead atoms. The Morgan fingerprint density at radius 1 is 1.08 bits per heavy atom. The second-order valence-corrected chi connectivity index (χ2v) is 9.25. The number of carbonyl (C=O) groups excluding carboxylic acids is 1. The summed E-state index contributed by atoms with van der Waals surface area (Å²) in [5, 5.41) is 51.9. The van der Waals surface area contributed by atoms with Gasteiger partial charge in [-0.15, -0.1) is 12.6 Å². The first kappa shape index (κ1) is 26.9. The Hall–Kier alpha value is -3.17. The molecule has 0 amide bonds. The first-order valence-electron chi connectivity index (χ1n) is 11.6. The fourth-order valence-corrected chi connectivity index (χ4v) is 5.22. The Morgan fingerprint density at radius 3 is 2.27 bits per heavy atom. The van der Waals surface area contributed by atoms with E-state index in [1.165, 1.54) is 18.9 Å². The van der Waals surface area contributed by atoms with Gasteiger partial charge in [-0.3, -0.25) is 4.79 Å². The molecule has 0 unspecified atom stereocenters. The zero-order valence-electron chi connectivity index (χ0n) is 20.2. The van der Waals surface area contributed by atoms with Crippen molar-refractivity contribution in [2.75, 3.05) is 13.7 Å². The average Bonchev–Trinajstić information content (AvgIpc) is 2.92. The molecule has 0 radical (unpaired) electrons. The number of nitriles is 1. The number of ether oxygens (including phenoxy) is 2. The minimum Gasteiger partial charge on any atom is -0.497 e. The second-order valence-electron chi connectivity index (χ2n) is 8.83. The standard InChI is InChI=1S/C27H28N2O7S/c1-14(31)20-21(15-8-10-17(35-2)11-9-15)18(12-28)27(37)29(22(20)16-6-4-3-5-7-16)26-25(34)24(33)23(32)19(13-30)36-26/h3-11,19,21,23-26,30,32-34,37H,13H2,1-2H3/t19-,21-,23+,24+,25+,26-/m0/s1. The number of carbonyl (C=O) groups is 1. The Balaban J connectivity index is 2.00. The fraction of sp³-hybridized carbons (Fsp3) is 0.333. The van der Waals surface area contributed by atoms with Crippen molar-refractivity contribution in [3.8, 4) is 11.8 Å². The predicted octanol–water partition coefficient (Wildman–Crippen LogP) is 1.56. The number of hydrogen-bond acceptors (Lipinski definition) is 10. The summed E-state index contributed by atoms with van der Waals surface area (Å²) in [6.45, 7) is 0.753. The molecule has 6 atom stereocenters. The summed E-state index contributed by atoms with van der Waals surface area (Å²) in [5.74, 6) is -0.521. The number of rotatable bonds is 6. The predicted molar refractivity (Wildman–Crippen MR) is 137 cm³/mol. The molecule has 0 spiro atoms. The summed E-state index contributed by atoms with van der Waals surface area (Å²) < 4.78 is 11.1. The highest BCUT2D eigenvalue weighted by molar-refractivity contribution is 7.84. The van der Waals surface area contributed by atoms with Gasteiger partial charge in [-0.25, -0.2) is 0 Å². The second kappa shape index (κ2) is 11.1. The summed E-state index contributed by atoms with van der Waals surface area (Å²) in [5.41, 5.74) is 1.92. The van der Waals surface area contributed by atoms with Crippen LogP contribution in [-0.2, 0) is 9.53 Å². The van der Waals surface area contributed by atoms with E-state index in [0.717, 1.165) is 0 Å². The molecule has 194 valence electrons. The van der Waals surface area contributed by atoms with Gasteiger partial charge in [0, 0.05) is 5.57 Å². The lowest BCUT2D eigenvalue weighted by Gasteiger charge is -2.48. The highest BCUT2D eigenvalue weighted by atomic mass is 32.1. The van der Waals surface area contributed by atoms with Crippen LogP contribution < -0.4 is 4.74 Å². The number of aliphatic hydroxyl groups is 4. The summed E-state index contributed by atoms with van der Waals surface area (Å²) in [4.78, 5) is 14.7. The molecule has 2 aromatic carbocycles. The van der Waals surface area contributed by atoms with Crippen molar-refractivity contribution >= 4 is 24.1 Å². The molecule has 2 aromatic rings. The molecule has 4 N–H and O–H groups in total. The molecular formula is C27H28N2O7S. The van der Waals surface area contributed by atoms with Crippen molar-refractivity contribution < 1.29 is 34.7 Å². The summed E-state index contributed by atoms with van der Waals surface area (Å²) >= 11 is 4.68. The molecule has 9 nitrogen and oxygen atoms in total. The van der Waals surface area contributed by atoms with Crippen LogP contribution in [0.25, 0.3) is 5.70 Å². The number of thiol groups is 1. The van der Waals surface area contributed by atoms with Gasteiger partial charge in [-0.05, 0) is 30.2 Å². The number of ketones is 1. The van der Waals surface area contributed by atoms with E-state index in [2.05, 4.69) is 18.7 Å². The van der Waals surface area contributed by atoms with E-state index in [4.69, 9.17) is 9.47 Å². The van der Waals surface area contributed by atoms with Gasteiger partial charge in [-0.2, -0.15) is 5.26 Å². The fourth-order valence-electron chi connectivity index (χ4n) is 4.82. The van der Waals surface area contributed by atoms with Crippen LogP contribution in [0.3, 0.4) is 0 Å². The lowest BCUT2D eigenvalue weighted by atomic mass is 9.78. The maximum Gasteiger partial charge on any atom is 0.164 e. The molecular weight excluding hydrogens is 496 g/mol. The van der Waals surface area contributed by atoms with Gasteiger partial charge in [-0.1, -0.05) is 42.5 Å². The van der Waals surface area contributed by atoms with Gasteiger partial charge in [0.05, 0.1) is 42.0 Å². The highest BCUT2D eigenvalue weighted by Gasteiger charge is 2.49. The first-order chi connectivity index (χ1) is 17.7. The maximum absolute atomic E-state index is 13.3. The van der Waals surface area contributed by atoms with Gasteiger partial charge in [0.25, 0.3) is 0 Å². The third-order valence-electron chi connectivity index (χ3n) is 6.66. The Labute approximate surface area is 219 Å². The SMILES string of the molecule is COc1ccc([C@H]2C(C#N)=C(S)N([C@H]3O[C@@H](CO)[C@@H](O)[C@@H](O)[C@H]3O)C(c3ccccc3)=C2C(C)=O)cc1.